The quantitative estimate of drug-likeness (QED) is 0.790. The van der Waals surface area contributed by atoms with Gasteiger partial charge >= 0.3 is 6.36 Å². The summed E-state index contributed by atoms with van der Waals surface area (Å²) in [6.45, 7) is 0. The van der Waals surface area contributed by atoms with Crippen LogP contribution in [0.2, 0.25) is 0 Å². The van der Waals surface area contributed by atoms with Crippen LogP contribution in [-0.4, -0.2) is 21.8 Å². The Labute approximate surface area is 121 Å². The average Bonchev–Trinajstić information content (AvgIpc) is 2.47. The molecule has 3 rings (SSSR count). The number of ether oxygens (including phenoxy) is 1. The van der Waals surface area contributed by atoms with Gasteiger partial charge in [0, 0.05) is 0 Å². The number of rotatable bonds is 2. The Hall–Kier alpha value is -2.90. The van der Waals surface area contributed by atoms with Crippen LogP contribution >= 0.6 is 0 Å². The molecule has 3 aromatic rings. The van der Waals surface area contributed by atoms with Gasteiger partial charge in [0.05, 0.1) is 5.39 Å². The summed E-state index contributed by atoms with van der Waals surface area (Å²) in [4.78, 5) is 11.7. The van der Waals surface area contributed by atoms with E-state index in [9.17, 15) is 18.0 Å². The van der Waals surface area contributed by atoms with E-state index in [2.05, 4.69) is 20.1 Å². The van der Waals surface area contributed by atoms with Gasteiger partial charge in [-0.25, -0.2) is 5.10 Å². The van der Waals surface area contributed by atoms with Crippen LogP contribution in [0, 0.1) is 0 Å². The monoisotopic (exact) mass is 307 g/mol. The number of alkyl halides is 3. The molecule has 1 N–H and O–H groups in total. The molecule has 1 heterocycles. The molecule has 2 aromatic carbocycles. The fourth-order valence-corrected chi connectivity index (χ4v) is 2.02. The van der Waals surface area contributed by atoms with E-state index >= 15 is 0 Å². The van der Waals surface area contributed by atoms with Crippen molar-refractivity contribution >= 4 is 10.9 Å². The number of H-pyrrole nitrogens is 1. The van der Waals surface area contributed by atoms with E-state index in [4.69, 9.17) is 0 Å². The van der Waals surface area contributed by atoms with Gasteiger partial charge in [-0.15, -0.1) is 18.3 Å². The summed E-state index contributed by atoms with van der Waals surface area (Å²) in [5.74, 6) is -0.305. The molecule has 1 aromatic heterocycles. The van der Waals surface area contributed by atoms with E-state index in [0.29, 0.717) is 22.0 Å². The summed E-state index contributed by atoms with van der Waals surface area (Å²) >= 11 is 0. The van der Waals surface area contributed by atoms with Gasteiger partial charge in [-0.1, -0.05) is 23.4 Å². The van der Waals surface area contributed by atoms with E-state index in [-0.39, 0.29) is 11.3 Å². The van der Waals surface area contributed by atoms with Gasteiger partial charge in [-0.3, -0.25) is 4.79 Å². The van der Waals surface area contributed by atoms with Crippen LogP contribution in [-0.2, 0) is 0 Å². The largest absolute Gasteiger partial charge is 0.573 e. The summed E-state index contributed by atoms with van der Waals surface area (Å²) in [7, 11) is 0. The van der Waals surface area contributed by atoms with Crippen LogP contribution in [0.5, 0.6) is 5.75 Å². The second kappa shape index (κ2) is 5.14. The third kappa shape index (κ3) is 2.90. The van der Waals surface area contributed by atoms with Crippen LogP contribution in [0.1, 0.15) is 0 Å². The molecule has 0 aliphatic carbocycles. The number of nitrogens with zero attached hydrogens (tertiary/aromatic N) is 2. The Morgan fingerprint density at radius 1 is 1.00 bits per heavy atom. The van der Waals surface area contributed by atoms with Crippen LogP contribution in [0.25, 0.3) is 22.0 Å². The van der Waals surface area contributed by atoms with Crippen LogP contribution < -0.4 is 10.3 Å². The Balaban J connectivity index is 1.97. The first-order valence-corrected chi connectivity index (χ1v) is 6.14. The lowest BCUT2D eigenvalue weighted by atomic mass is 10.0. The highest BCUT2D eigenvalue weighted by Crippen LogP contribution is 2.27. The Bertz CT molecular complexity index is 873. The molecule has 0 amide bonds. The summed E-state index contributed by atoms with van der Waals surface area (Å²) < 4.78 is 40.1. The fraction of sp³-hybridized carbons (Fsp3) is 0.0714. The van der Waals surface area contributed by atoms with Crippen molar-refractivity contribution in [2.75, 3.05) is 0 Å². The van der Waals surface area contributed by atoms with Crippen molar-refractivity contribution in [3.8, 4) is 16.9 Å². The minimum Gasteiger partial charge on any atom is -0.406 e. The van der Waals surface area contributed by atoms with Crippen LogP contribution in [0.4, 0.5) is 13.2 Å². The zero-order valence-electron chi connectivity index (χ0n) is 10.9. The van der Waals surface area contributed by atoms with Gasteiger partial charge in [0.15, 0.2) is 0 Å². The maximum absolute atomic E-state index is 12.1. The molecule has 5 nitrogen and oxygen atoms in total. The highest BCUT2D eigenvalue weighted by atomic mass is 19.4. The first kappa shape index (κ1) is 14.1. The Kier molecular flexibility index (Phi) is 3.28. The smallest absolute Gasteiger partial charge is 0.406 e. The average molecular weight is 307 g/mol. The topological polar surface area (TPSA) is 67.9 Å². The third-order valence-corrected chi connectivity index (χ3v) is 2.97. The minimum atomic E-state index is -4.73. The molecule has 0 radical (unpaired) electrons. The molecular formula is C14H8F3N3O2. The lowest BCUT2D eigenvalue weighted by Gasteiger charge is -2.09. The number of aromatic nitrogens is 3. The number of benzene rings is 2. The van der Waals surface area contributed by atoms with E-state index in [1.165, 1.54) is 24.3 Å². The predicted molar refractivity (Wildman–Crippen MR) is 72.3 cm³/mol. The van der Waals surface area contributed by atoms with Gasteiger partial charge in [-0.2, -0.15) is 0 Å². The van der Waals surface area contributed by atoms with Gasteiger partial charge in [0.25, 0.3) is 5.56 Å². The number of fused-ring (bicyclic) bond motifs is 1. The van der Waals surface area contributed by atoms with Crippen molar-refractivity contribution in [1.29, 1.82) is 0 Å². The van der Waals surface area contributed by atoms with Crippen molar-refractivity contribution in [2.45, 2.75) is 6.36 Å². The first-order chi connectivity index (χ1) is 10.4. The van der Waals surface area contributed by atoms with Crippen LogP contribution in [0.3, 0.4) is 0 Å². The van der Waals surface area contributed by atoms with E-state index in [1.54, 1.807) is 18.2 Å². The van der Waals surface area contributed by atoms with Crippen molar-refractivity contribution in [1.82, 2.24) is 15.4 Å². The summed E-state index contributed by atoms with van der Waals surface area (Å²) in [5, 5.41) is 9.81. The zero-order chi connectivity index (χ0) is 15.7. The lowest BCUT2D eigenvalue weighted by molar-refractivity contribution is -0.274. The van der Waals surface area contributed by atoms with E-state index in [0.717, 1.165) is 0 Å². The molecule has 0 fully saturated rings. The first-order valence-electron chi connectivity index (χ1n) is 6.14. The highest BCUT2D eigenvalue weighted by Gasteiger charge is 2.30. The van der Waals surface area contributed by atoms with E-state index in [1.807, 2.05) is 0 Å². The molecule has 22 heavy (non-hydrogen) atoms. The molecule has 0 atom stereocenters. The molecule has 112 valence electrons. The number of hydrogen-bond donors (Lipinski definition) is 1. The Morgan fingerprint density at radius 3 is 2.36 bits per heavy atom. The maximum Gasteiger partial charge on any atom is 0.573 e. The number of nitrogens with one attached hydrogen (secondary N) is 1. The Morgan fingerprint density at radius 2 is 1.68 bits per heavy atom. The fourth-order valence-electron chi connectivity index (χ4n) is 2.02. The van der Waals surface area contributed by atoms with Crippen LogP contribution in [0.15, 0.2) is 47.3 Å². The number of hydrogen-bond acceptors (Lipinski definition) is 4. The highest BCUT2D eigenvalue weighted by molar-refractivity contribution is 5.83. The molecule has 0 saturated carbocycles. The molecule has 0 aliphatic rings. The molecule has 0 aliphatic heterocycles. The SMILES string of the molecule is O=c1[nH]nnc2ccc(-c3ccc(OC(F)(F)F)cc3)cc12. The molecule has 0 unspecified atom stereocenters. The third-order valence-electron chi connectivity index (χ3n) is 2.97. The van der Waals surface area contributed by atoms with Gasteiger partial charge in [-0.05, 0) is 35.4 Å². The summed E-state index contributed by atoms with van der Waals surface area (Å²) in [5.41, 5.74) is 1.37. The number of halogens is 3. The van der Waals surface area contributed by atoms with Crippen molar-refractivity contribution in [3.05, 3.63) is 52.8 Å². The summed E-state index contributed by atoms with van der Waals surface area (Å²) in [6.07, 6.45) is -4.73. The van der Waals surface area contributed by atoms with Crippen molar-refractivity contribution in [2.24, 2.45) is 0 Å². The summed E-state index contributed by atoms with van der Waals surface area (Å²) in [6, 6.07) is 10.3. The van der Waals surface area contributed by atoms with Crippen molar-refractivity contribution in [3.63, 3.8) is 0 Å². The maximum atomic E-state index is 12.1. The standard InChI is InChI=1S/C14H8F3N3O2/c15-14(16,17)22-10-4-1-8(2-5-10)9-3-6-12-11(7-9)13(21)19-20-18-12/h1-7H,(H,18,19,21). The zero-order valence-corrected chi connectivity index (χ0v) is 10.9. The second-order valence-electron chi connectivity index (χ2n) is 4.45. The predicted octanol–water partition coefficient (Wildman–Crippen LogP) is 2.88. The van der Waals surface area contributed by atoms with E-state index < -0.39 is 6.36 Å². The molecule has 8 heteroatoms. The number of aromatic amines is 1. The molecular weight excluding hydrogens is 299 g/mol. The minimum absolute atomic E-state index is 0.305. The second-order valence-corrected chi connectivity index (χ2v) is 4.45. The van der Waals surface area contributed by atoms with Gasteiger partial charge < -0.3 is 4.74 Å². The van der Waals surface area contributed by atoms with Gasteiger partial charge in [0.1, 0.15) is 11.3 Å². The normalized spacial score (nSPS) is 11.6. The molecule has 0 spiro atoms. The molecule has 0 bridgehead atoms. The van der Waals surface area contributed by atoms with Crippen molar-refractivity contribution < 1.29 is 17.9 Å². The lowest BCUT2D eigenvalue weighted by Crippen LogP contribution is -2.16. The molecule has 0 saturated heterocycles. The van der Waals surface area contributed by atoms with Gasteiger partial charge in [0.2, 0.25) is 0 Å².